The van der Waals surface area contributed by atoms with Crippen molar-refractivity contribution >= 4 is 44.6 Å². The Balaban J connectivity index is 1.55. The maximum atomic E-state index is 13.1. The van der Waals surface area contributed by atoms with E-state index < -0.39 is 21.7 Å². The fourth-order valence-electron chi connectivity index (χ4n) is 3.62. The van der Waals surface area contributed by atoms with Gasteiger partial charge in [-0.05, 0) is 73.5 Å². The molecule has 0 atom stereocenters. The molecule has 1 aliphatic heterocycles. The molecule has 0 unspecified atom stereocenters. The molecule has 0 saturated heterocycles. The summed E-state index contributed by atoms with van der Waals surface area (Å²) in [5.74, 6) is -0.945. The number of halogens is 2. The number of carbonyl (C=O) groups is 1. The Morgan fingerprint density at radius 3 is 2.56 bits per heavy atom. The van der Waals surface area contributed by atoms with Crippen LogP contribution in [0.15, 0.2) is 65.6 Å². The second-order valence-electron chi connectivity index (χ2n) is 7.38. The van der Waals surface area contributed by atoms with Crippen LogP contribution in [0.4, 0.5) is 21.5 Å². The van der Waals surface area contributed by atoms with Crippen molar-refractivity contribution in [3.8, 4) is 0 Å². The van der Waals surface area contributed by atoms with Crippen LogP contribution in [0.25, 0.3) is 0 Å². The van der Waals surface area contributed by atoms with Gasteiger partial charge in [-0.15, -0.1) is 0 Å². The lowest BCUT2D eigenvalue weighted by molar-refractivity contribution is 0.102. The second kappa shape index (κ2) is 8.80. The Kier molecular flexibility index (Phi) is 6.08. The molecule has 1 amide bonds. The zero-order valence-corrected chi connectivity index (χ0v) is 18.8. The molecular weight excluding hydrogens is 453 g/mol. The molecule has 0 aromatic heterocycles. The van der Waals surface area contributed by atoms with Crippen molar-refractivity contribution in [1.29, 1.82) is 0 Å². The quantitative estimate of drug-likeness (QED) is 0.533. The zero-order valence-electron chi connectivity index (χ0n) is 17.2. The van der Waals surface area contributed by atoms with E-state index in [-0.39, 0.29) is 21.2 Å². The monoisotopic (exact) mass is 473 g/mol. The average Bonchev–Trinajstić information content (AvgIpc) is 3.17. The van der Waals surface area contributed by atoms with Crippen LogP contribution in [-0.4, -0.2) is 27.4 Å². The number of hydrogen-bond donors (Lipinski definition) is 2. The van der Waals surface area contributed by atoms with Gasteiger partial charge in [0.05, 0.1) is 15.6 Å². The highest BCUT2D eigenvalue weighted by Crippen LogP contribution is 2.31. The maximum absolute atomic E-state index is 13.1. The van der Waals surface area contributed by atoms with E-state index in [1.165, 1.54) is 23.8 Å². The molecule has 3 aromatic rings. The summed E-state index contributed by atoms with van der Waals surface area (Å²) >= 11 is 6.15. The van der Waals surface area contributed by atoms with E-state index in [2.05, 4.69) is 21.9 Å². The number of carbonyl (C=O) groups excluding carboxylic acids is 1. The number of sulfonamides is 1. The molecule has 3 aromatic carbocycles. The van der Waals surface area contributed by atoms with E-state index in [0.717, 1.165) is 49.5 Å². The van der Waals surface area contributed by atoms with E-state index >= 15 is 0 Å². The third-order valence-corrected chi connectivity index (χ3v) is 7.02. The van der Waals surface area contributed by atoms with Crippen molar-refractivity contribution in [3.05, 3.63) is 82.6 Å². The molecule has 0 saturated carbocycles. The zero-order chi connectivity index (χ0) is 22.9. The average molecular weight is 474 g/mol. The molecule has 9 heteroatoms. The molecule has 2 N–H and O–H groups in total. The van der Waals surface area contributed by atoms with Gasteiger partial charge in [0.25, 0.3) is 15.9 Å². The van der Waals surface area contributed by atoms with E-state index in [1.54, 1.807) is 0 Å². The molecule has 1 aliphatic rings. The molecule has 0 aliphatic carbocycles. The SMILES string of the molecule is CCN1CCc2ccc(NC(=O)c3ccc(Cl)c(NS(=O)(=O)c4ccc(F)cc4)c3)cc21. The standard InChI is InChI=1S/C23H21ClFN3O3S/c1-2-28-12-11-15-3-7-18(14-22(15)28)26-23(29)16-4-10-20(24)21(13-16)27-32(30,31)19-8-5-17(25)6-9-19/h3-10,13-14,27H,2,11-12H2,1H3,(H,26,29). The van der Waals surface area contributed by atoms with E-state index in [4.69, 9.17) is 11.6 Å². The highest BCUT2D eigenvalue weighted by Gasteiger charge is 2.20. The van der Waals surface area contributed by atoms with Crippen LogP contribution in [0.5, 0.6) is 0 Å². The summed E-state index contributed by atoms with van der Waals surface area (Å²) in [7, 11) is -4.01. The Hall–Kier alpha value is -3.10. The summed E-state index contributed by atoms with van der Waals surface area (Å²) in [6.45, 7) is 3.93. The Morgan fingerprint density at radius 2 is 1.84 bits per heavy atom. The number of hydrogen-bond acceptors (Lipinski definition) is 4. The first-order valence-corrected chi connectivity index (χ1v) is 11.9. The minimum Gasteiger partial charge on any atom is -0.371 e. The summed E-state index contributed by atoms with van der Waals surface area (Å²) in [6.07, 6.45) is 0.978. The summed E-state index contributed by atoms with van der Waals surface area (Å²) in [5.41, 5.74) is 3.29. The van der Waals surface area contributed by atoms with Crippen LogP contribution in [0.3, 0.4) is 0 Å². The van der Waals surface area contributed by atoms with Crippen molar-refractivity contribution in [3.63, 3.8) is 0 Å². The third-order valence-electron chi connectivity index (χ3n) is 5.31. The number of rotatable bonds is 6. The van der Waals surface area contributed by atoms with Gasteiger partial charge in [0.15, 0.2) is 0 Å². The largest absolute Gasteiger partial charge is 0.371 e. The summed E-state index contributed by atoms with van der Waals surface area (Å²) in [6, 6.07) is 14.5. The van der Waals surface area contributed by atoms with Gasteiger partial charge in [-0.25, -0.2) is 12.8 Å². The van der Waals surface area contributed by atoms with Gasteiger partial charge in [0.2, 0.25) is 0 Å². The lowest BCUT2D eigenvalue weighted by Crippen LogP contribution is -2.19. The molecule has 4 rings (SSSR count). The highest BCUT2D eigenvalue weighted by molar-refractivity contribution is 7.92. The topological polar surface area (TPSA) is 78.5 Å². The Labute approximate surface area is 191 Å². The normalized spacial score (nSPS) is 13.0. The number of nitrogens with one attached hydrogen (secondary N) is 2. The van der Waals surface area contributed by atoms with Crippen molar-refractivity contribution in [1.82, 2.24) is 0 Å². The highest BCUT2D eigenvalue weighted by atomic mass is 35.5. The molecule has 0 radical (unpaired) electrons. The lowest BCUT2D eigenvalue weighted by Gasteiger charge is -2.17. The predicted molar refractivity (Wildman–Crippen MR) is 125 cm³/mol. The van der Waals surface area contributed by atoms with Crippen molar-refractivity contribution in [2.75, 3.05) is 28.0 Å². The predicted octanol–water partition coefficient (Wildman–Crippen LogP) is 4.91. The van der Waals surface area contributed by atoms with Gasteiger partial charge in [-0.1, -0.05) is 17.7 Å². The Morgan fingerprint density at radius 1 is 1.09 bits per heavy atom. The Bertz CT molecular complexity index is 1280. The molecular formula is C23H21ClFN3O3S. The number of anilines is 3. The fourth-order valence-corrected chi connectivity index (χ4v) is 4.91. The van der Waals surface area contributed by atoms with Crippen LogP contribution in [0, 0.1) is 5.82 Å². The second-order valence-corrected chi connectivity index (χ2v) is 9.47. The summed E-state index contributed by atoms with van der Waals surface area (Å²) < 4.78 is 40.7. The lowest BCUT2D eigenvalue weighted by atomic mass is 10.1. The minimum absolute atomic E-state index is 0.0507. The summed E-state index contributed by atoms with van der Waals surface area (Å²) in [5, 5.41) is 2.98. The molecule has 0 fully saturated rings. The molecule has 1 heterocycles. The number of likely N-dealkylation sites (N-methyl/N-ethyl adjacent to an activating group) is 1. The molecule has 32 heavy (non-hydrogen) atoms. The molecule has 166 valence electrons. The van der Waals surface area contributed by atoms with Gasteiger partial charge in [0, 0.05) is 30.0 Å². The molecule has 0 spiro atoms. The number of fused-ring (bicyclic) bond motifs is 1. The van der Waals surface area contributed by atoms with Crippen LogP contribution < -0.4 is 14.9 Å². The van der Waals surface area contributed by atoms with Gasteiger partial charge in [-0.2, -0.15) is 0 Å². The van der Waals surface area contributed by atoms with Gasteiger partial charge in [0.1, 0.15) is 5.82 Å². The fraction of sp³-hybridized carbons (Fsp3) is 0.174. The van der Waals surface area contributed by atoms with Crippen LogP contribution in [0.1, 0.15) is 22.8 Å². The van der Waals surface area contributed by atoms with Crippen LogP contribution in [0.2, 0.25) is 5.02 Å². The minimum atomic E-state index is -4.01. The number of benzene rings is 3. The van der Waals surface area contributed by atoms with Crippen molar-refractivity contribution in [2.24, 2.45) is 0 Å². The third kappa shape index (κ3) is 4.56. The molecule has 6 nitrogen and oxygen atoms in total. The number of amides is 1. The van der Waals surface area contributed by atoms with Gasteiger partial charge >= 0.3 is 0 Å². The van der Waals surface area contributed by atoms with Gasteiger partial charge < -0.3 is 10.2 Å². The first-order chi connectivity index (χ1) is 15.3. The van der Waals surface area contributed by atoms with Crippen molar-refractivity contribution in [2.45, 2.75) is 18.2 Å². The smallest absolute Gasteiger partial charge is 0.261 e. The number of nitrogens with zero attached hydrogens (tertiary/aromatic N) is 1. The maximum Gasteiger partial charge on any atom is 0.261 e. The van der Waals surface area contributed by atoms with Gasteiger partial charge in [-0.3, -0.25) is 9.52 Å². The van der Waals surface area contributed by atoms with E-state index in [0.29, 0.717) is 5.69 Å². The van der Waals surface area contributed by atoms with Crippen LogP contribution >= 0.6 is 11.6 Å². The van der Waals surface area contributed by atoms with Crippen molar-refractivity contribution < 1.29 is 17.6 Å². The van der Waals surface area contributed by atoms with E-state index in [1.807, 2.05) is 18.2 Å². The van der Waals surface area contributed by atoms with Crippen LogP contribution in [-0.2, 0) is 16.4 Å². The first kappa shape index (κ1) is 22.1. The molecule has 0 bridgehead atoms. The summed E-state index contributed by atoms with van der Waals surface area (Å²) in [4.78, 5) is 14.9. The first-order valence-electron chi connectivity index (χ1n) is 10.0. The van der Waals surface area contributed by atoms with E-state index in [9.17, 15) is 17.6 Å².